The zero-order valence-corrected chi connectivity index (χ0v) is 12.6. The van der Waals surface area contributed by atoms with Crippen LogP contribution in [0.3, 0.4) is 0 Å². The highest BCUT2D eigenvalue weighted by Gasteiger charge is 2.23. The summed E-state index contributed by atoms with van der Waals surface area (Å²) < 4.78 is 1.56. The van der Waals surface area contributed by atoms with Crippen LogP contribution >= 0.6 is 0 Å². The monoisotopic (exact) mass is 279 g/mol. The molecule has 0 unspecified atom stereocenters. The van der Waals surface area contributed by atoms with Gasteiger partial charge in [-0.1, -0.05) is 6.92 Å². The zero-order chi connectivity index (χ0) is 14.7. The van der Waals surface area contributed by atoms with Gasteiger partial charge in [-0.05, 0) is 32.7 Å². The van der Waals surface area contributed by atoms with Gasteiger partial charge in [0.1, 0.15) is 5.69 Å². The summed E-state index contributed by atoms with van der Waals surface area (Å²) in [5.74, 6) is -0.112. The molecule has 0 atom stereocenters. The molecular weight excluding hydrogens is 254 g/mol. The van der Waals surface area contributed by atoms with Crippen molar-refractivity contribution in [1.82, 2.24) is 20.0 Å². The fourth-order valence-electron chi connectivity index (χ4n) is 2.81. The van der Waals surface area contributed by atoms with E-state index in [9.17, 15) is 4.79 Å². The highest BCUT2D eigenvalue weighted by atomic mass is 16.2. The molecule has 0 aliphatic carbocycles. The van der Waals surface area contributed by atoms with Crippen LogP contribution in [-0.2, 0) is 7.05 Å². The lowest BCUT2D eigenvalue weighted by Crippen LogP contribution is -2.45. The first kappa shape index (κ1) is 14.8. The number of nitrogen functional groups attached to an aromatic ring is 1. The number of hydrogen-bond donors (Lipinski definition) is 2. The number of amides is 1. The fraction of sp³-hybridized carbons (Fsp3) is 0.714. The van der Waals surface area contributed by atoms with E-state index in [1.165, 1.54) is 6.42 Å². The maximum atomic E-state index is 12.3. The Bertz CT molecular complexity index is 474. The van der Waals surface area contributed by atoms with E-state index in [2.05, 4.69) is 22.2 Å². The van der Waals surface area contributed by atoms with E-state index in [0.717, 1.165) is 32.5 Å². The predicted molar refractivity (Wildman–Crippen MR) is 79.6 cm³/mol. The third kappa shape index (κ3) is 3.12. The molecule has 0 aromatic carbocycles. The van der Waals surface area contributed by atoms with Gasteiger partial charge in [0.05, 0.1) is 11.4 Å². The first-order valence-electron chi connectivity index (χ1n) is 7.35. The quantitative estimate of drug-likeness (QED) is 0.859. The van der Waals surface area contributed by atoms with Gasteiger partial charge in [-0.15, -0.1) is 0 Å². The summed E-state index contributed by atoms with van der Waals surface area (Å²) in [5.41, 5.74) is 7.57. The zero-order valence-electron chi connectivity index (χ0n) is 12.6. The number of aromatic nitrogens is 2. The minimum Gasteiger partial charge on any atom is -0.395 e. The molecule has 1 aliphatic heterocycles. The number of nitrogens with one attached hydrogen (secondary N) is 1. The number of carbonyl (C=O) groups is 1. The lowest BCUT2D eigenvalue weighted by molar-refractivity contribution is 0.0902. The minimum atomic E-state index is -0.112. The molecule has 2 heterocycles. The Balaban J connectivity index is 1.93. The van der Waals surface area contributed by atoms with Gasteiger partial charge in [-0.25, -0.2) is 0 Å². The largest absolute Gasteiger partial charge is 0.395 e. The predicted octanol–water partition coefficient (Wildman–Crippen LogP) is 0.915. The number of nitrogens with zero attached hydrogens (tertiary/aromatic N) is 3. The smallest absolute Gasteiger partial charge is 0.271 e. The maximum Gasteiger partial charge on any atom is 0.271 e. The highest BCUT2D eigenvalue weighted by Crippen LogP contribution is 2.17. The molecule has 2 rings (SSSR count). The van der Waals surface area contributed by atoms with Crippen LogP contribution in [0.25, 0.3) is 0 Å². The molecule has 112 valence electrons. The van der Waals surface area contributed by atoms with E-state index in [1.807, 2.05) is 6.92 Å². The number of nitrogens with two attached hydrogens (primary N) is 1. The summed E-state index contributed by atoms with van der Waals surface area (Å²) in [6.45, 7) is 7.27. The van der Waals surface area contributed by atoms with E-state index in [-0.39, 0.29) is 11.9 Å². The third-order valence-corrected chi connectivity index (χ3v) is 3.95. The normalized spacial score (nSPS) is 17.4. The first-order chi connectivity index (χ1) is 9.52. The number of likely N-dealkylation sites (tertiary alicyclic amines) is 1. The van der Waals surface area contributed by atoms with Gasteiger partial charge in [0, 0.05) is 26.2 Å². The van der Waals surface area contributed by atoms with E-state index in [0.29, 0.717) is 17.1 Å². The Morgan fingerprint density at radius 1 is 1.45 bits per heavy atom. The number of aryl methyl sites for hydroxylation is 2. The van der Waals surface area contributed by atoms with Gasteiger partial charge in [-0.3, -0.25) is 9.48 Å². The van der Waals surface area contributed by atoms with Gasteiger partial charge in [0.25, 0.3) is 5.91 Å². The van der Waals surface area contributed by atoms with E-state index < -0.39 is 0 Å². The fourth-order valence-corrected chi connectivity index (χ4v) is 2.81. The summed E-state index contributed by atoms with van der Waals surface area (Å²) in [5, 5.41) is 7.27. The summed E-state index contributed by atoms with van der Waals surface area (Å²) in [6.07, 6.45) is 3.19. The number of carbonyl (C=O) groups excluding carboxylic acids is 1. The number of piperidine rings is 1. The van der Waals surface area contributed by atoms with Gasteiger partial charge in [0.15, 0.2) is 0 Å². The topological polar surface area (TPSA) is 76.2 Å². The van der Waals surface area contributed by atoms with Crippen LogP contribution in [0.5, 0.6) is 0 Å². The van der Waals surface area contributed by atoms with Crippen LogP contribution in [0.2, 0.25) is 0 Å². The number of rotatable bonds is 4. The Kier molecular flexibility index (Phi) is 4.65. The van der Waals surface area contributed by atoms with Crippen molar-refractivity contribution >= 4 is 11.6 Å². The van der Waals surface area contributed by atoms with E-state index in [4.69, 9.17) is 5.73 Å². The van der Waals surface area contributed by atoms with Crippen molar-refractivity contribution in [3.05, 3.63) is 11.4 Å². The van der Waals surface area contributed by atoms with E-state index in [1.54, 1.807) is 11.7 Å². The summed E-state index contributed by atoms with van der Waals surface area (Å²) in [7, 11) is 1.75. The molecule has 1 amide bonds. The summed E-state index contributed by atoms with van der Waals surface area (Å²) in [4.78, 5) is 14.8. The Morgan fingerprint density at radius 2 is 2.10 bits per heavy atom. The van der Waals surface area contributed by atoms with Crippen molar-refractivity contribution in [3.8, 4) is 0 Å². The summed E-state index contributed by atoms with van der Waals surface area (Å²) in [6, 6.07) is 0.241. The molecule has 0 radical (unpaired) electrons. The second kappa shape index (κ2) is 6.26. The van der Waals surface area contributed by atoms with E-state index >= 15 is 0 Å². The average Bonchev–Trinajstić information content (AvgIpc) is 2.66. The number of hydrogen-bond acceptors (Lipinski definition) is 4. The summed E-state index contributed by atoms with van der Waals surface area (Å²) >= 11 is 0. The van der Waals surface area contributed by atoms with Crippen molar-refractivity contribution in [2.24, 2.45) is 7.05 Å². The molecule has 6 nitrogen and oxygen atoms in total. The minimum absolute atomic E-state index is 0.112. The van der Waals surface area contributed by atoms with Gasteiger partial charge >= 0.3 is 0 Å². The average molecular weight is 279 g/mol. The molecule has 1 aliphatic rings. The maximum absolute atomic E-state index is 12.3. The molecule has 0 bridgehead atoms. The Morgan fingerprint density at radius 3 is 2.60 bits per heavy atom. The first-order valence-corrected chi connectivity index (χ1v) is 7.35. The van der Waals surface area contributed by atoms with Crippen LogP contribution in [0, 0.1) is 6.92 Å². The van der Waals surface area contributed by atoms with Gasteiger partial charge in [0.2, 0.25) is 0 Å². The molecule has 20 heavy (non-hydrogen) atoms. The van der Waals surface area contributed by atoms with Crippen molar-refractivity contribution < 1.29 is 4.79 Å². The molecule has 6 heteroatoms. The van der Waals surface area contributed by atoms with Gasteiger partial charge < -0.3 is 16.0 Å². The molecule has 1 saturated heterocycles. The Labute approximate surface area is 120 Å². The molecule has 1 aromatic heterocycles. The standard InChI is InChI=1S/C14H25N5O/c1-4-7-19-8-5-11(6-9-19)16-14(20)13-12(15)10(2)17-18(13)3/h11H,4-9,15H2,1-3H3,(H,16,20). The lowest BCUT2D eigenvalue weighted by atomic mass is 10.0. The van der Waals surface area contributed by atoms with Crippen LogP contribution < -0.4 is 11.1 Å². The van der Waals surface area contributed by atoms with Crippen molar-refractivity contribution in [1.29, 1.82) is 0 Å². The molecule has 0 saturated carbocycles. The van der Waals surface area contributed by atoms with Crippen molar-refractivity contribution in [2.45, 2.75) is 39.2 Å². The van der Waals surface area contributed by atoms with Crippen LogP contribution in [0.1, 0.15) is 42.4 Å². The molecule has 1 aromatic rings. The number of anilines is 1. The Hall–Kier alpha value is -1.56. The SMILES string of the molecule is CCCN1CCC(NC(=O)c2c(N)c(C)nn2C)CC1. The second-order valence-corrected chi connectivity index (χ2v) is 5.56. The molecule has 0 spiro atoms. The lowest BCUT2D eigenvalue weighted by Gasteiger charge is -2.32. The second-order valence-electron chi connectivity index (χ2n) is 5.56. The molecule has 3 N–H and O–H groups in total. The van der Waals surface area contributed by atoms with Crippen LogP contribution in [-0.4, -0.2) is 46.3 Å². The van der Waals surface area contributed by atoms with Crippen LogP contribution in [0.4, 0.5) is 5.69 Å². The van der Waals surface area contributed by atoms with Crippen molar-refractivity contribution in [3.63, 3.8) is 0 Å². The highest BCUT2D eigenvalue weighted by molar-refractivity contribution is 5.98. The third-order valence-electron chi connectivity index (χ3n) is 3.95. The van der Waals surface area contributed by atoms with Crippen LogP contribution in [0.15, 0.2) is 0 Å². The van der Waals surface area contributed by atoms with Gasteiger partial charge in [-0.2, -0.15) is 5.10 Å². The molecular formula is C14H25N5O. The molecule has 1 fully saturated rings. The van der Waals surface area contributed by atoms with Crippen molar-refractivity contribution in [2.75, 3.05) is 25.4 Å².